The van der Waals surface area contributed by atoms with Crippen LogP contribution in [0.1, 0.15) is 17.0 Å². The average Bonchev–Trinajstić information content (AvgIpc) is 2.95. The van der Waals surface area contributed by atoms with Crippen molar-refractivity contribution in [3.63, 3.8) is 0 Å². The van der Waals surface area contributed by atoms with Gasteiger partial charge in [0.1, 0.15) is 5.75 Å². The topological polar surface area (TPSA) is 47.9 Å². The molecule has 0 amide bonds. The molecule has 3 rings (SSSR count). The lowest BCUT2D eigenvalue weighted by Gasteiger charge is -2.16. The van der Waals surface area contributed by atoms with Gasteiger partial charge >= 0.3 is 0 Å². The number of methoxy groups -OCH3 is 1. The standard InChI is InChI=1S/C17H18O4/c1-19-16-8-4-5-12(9-18)17(16)21-11-13-10-20-15-7-3-2-6-14(13)15/h2-8,13,18H,9-11H2,1H3. The summed E-state index contributed by atoms with van der Waals surface area (Å²) >= 11 is 0. The molecular formula is C17H18O4. The van der Waals surface area contributed by atoms with Gasteiger partial charge in [0.15, 0.2) is 11.5 Å². The normalized spacial score (nSPS) is 16.2. The average molecular weight is 286 g/mol. The van der Waals surface area contributed by atoms with Crippen molar-refractivity contribution in [3.8, 4) is 17.2 Å². The monoisotopic (exact) mass is 286 g/mol. The van der Waals surface area contributed by atoms with Crippen molar-refractivity contribution in [2.75, 3.05) is 20.3 Å². The van der Waals surface area contributed by atoms with Gasteiger partial charge in [0.2, 0.25) is 0 Å². The van der Waals surface area contributed by atoms with Crippen LogP contribution in [0.4, 0.5) is 0 Å². The van der Waals surface area contributed by atoms with E-state index in [0.29, 0.717) is 24.7 Å². The van der Waals surface area contributed by atoms with Gasteiger partial charge in [0.05, 0.1) is 32.8 Å². The number of para-hydroxylation sites is 2. The first-order valence-corrected chi connectivity index (χ1v) is 6.94. The van der Waals surface area contributed by atoms with E-state index in [0.717, 1.165) is 16.9 Å². The summed E-state index contributed by atoms with van der Waals surface area (Å²) in [7, 11) is 1.59. The highest BCUT2D eigenvalue weighted by atomic mass is 16.5. The van der Waals surface area contributed by atoms with Crippen LogP contribution >= 0.6 is 0 Å². The van der Waals surface area contributed by atoms with E-state index in [1.165, 1.54) is 0 Å². The maximum Gasteiger partial charge on any atom is 0.166 e. The third-order valence-corrected chi connectivity index (χ3v) is 3.68. The maximum absolute atomic E-state index is 9.43. The molecule has 0 fully saturated rings. The van der Waals surface area contributed by atoms with Gasteiger partial charge in [-0.15, -0.1) is 0 Å². The van der Waals surface area contributed by atoms with Crippen LogP contribution < -0.4 is 14.2 Å². The SMILES string of the molecule is COc1cccc(CO)c1OCC1COc2ccccc21. The molecule has 0 spiro atoms. The molecule has 1 atom stereocenters. The van der Waals surface area contributed by atoms with Crippen LogP contribution in [0.25, 0.3) is 0 Å². The first-order chi connectivity index (χ1) is 10.3. The third-order valence-electron chi connectivity index (χ3n) is 3.68. The number of aliphatic hydroxyl groups is 1. The molecule has 0 aliphatic carbocycles. The van der Waals surface area contributed by atoms with Crippen molar-refractivity contribution in [3.05, 3.63) is 53.6 Å². The summed E-state index contributed by atoms with van der Waals surface area (Å²) in [6, 6.07) is 13.5. The van der Waals surface area contributed by atoms with Gasteiger partial charge in [-0.05, 0) is 12.1 Å². The van der Waals surface area contributed by atoms with Crippen LogP contribution in [0.15, 0.2) is 42.5 Å². The quantitative estimate of drug-likeness (QED) is 0.918. The fourth-order valence-electron chi connectivity index (χ4n) is 2.56. The molecule has 0 bridgehead atoms. The van der Waals surface area contributed by atoms with Gasteiger partial charge in [0, 0.05) is 11.1 Å². The molecule has 0 saturated carbocycles. The van der Waals surface area contributed by atoms with E-state index in [1.807, 2.05) is 36.4 Å². The van der Waals surface area contributed by atoms with E-state index in [9.17, 15) is 5.11 Å². The van der Waals surface area contributed by atoms with E-state index in [1.54, 1.807) is 7.11 Å². The molecule has 2 aromatic carbocycles. The second-order valence-corrected chi connectivity index (χ2v) is 4.96. The number of hydrogen-bond acceptors (Lipinski definition) is 4. The fraction of sp³-hybridized carbons (Fsp3) is 0.294. The molecule has 1 aliphatic heterocycles. The first kappa shape index (κ1) is 13.8. The molecule has 4 heteroatoms. The molecule has 1 unspecified atom stereocenters. The molecule has 0 saturated heterocycles. The Labute approximate surface area is 123 Å². The number of benzene rings is 2. The number of fused-ring (bicyclic) bond motifs is 1. The molecule has 0 radical (unpaired) electrons. The van der Waals surface area contributed by atoms with E-state index >= 15 is 0 Å². The van der Waals surface area contributed by atoms with Crippen molar-refractivity contribution in [2.45, 2.75) is 12.5 Å². The third kappa shape index (κ3) is 2.67. The minimum absolute atomic E-state index is 0.0791. The minimum Gasteiger partial charge on any atom is -0.493 e. The lowest BCUT2D eigenvalue weighted by Crippen LogP contribution is -2.13. The first-order valence-electron chi connectivity index (χ1n) is 6.94. The summed E-state index contributed by atoms with van der Waals surface area (Å²) < 4.78 is 16.9. The highest BCUT2D eigenvalue weighted by molar-refractivity contribution is 5.46. The van der Waals surface area contributed by atoms with Crippen molar-refractivity contribution < 1.29 is 19.3 Å². The van der Waals surface area contributed by atoms with Gasteiger partial charge in [-0.1, -0.05) is 30.3 Å². The maximum atomic E-state index is 9.43. The zero-order valence-electron chi connectivity index (χ0n) is 11.9. The minimum atomic E-state index is -0.0791. The second kappa shape index (κ2) is 6.06. The van der Waals surface area contributed by atoms with Crippen molar-refractivity contribution >= 4 is 0 Å². The van der Waals surface area contributed by atoms with Crippen molar-refractivity contribution in [1.82, 2.24) is 0 Å². The molecule has 1 N–H and O–H groups in total. The summed E-state index contributed by atoms with van der Waals surface area (Å²) in [4.78, 5) is 0. The lowest BCUT2D eigenvalue weighted by molar-refractivity contribution is 0.227. The second-order valence-electron chi connectivity index (χ2n) is 4.96. The highest BCUT2D eigenvalue weighted by Gasteiger charge is 2.25. The summed E-state index contributed by atoms with van der Waals surface area (Å²) in [5, 5.41) is 9.43. The summed E-state index contributed by atoms with van der Waals surface area (Å²) in [5.41, 5.74) is 1.89. The predicted molar refractivity (Wildman–Crippen MR) is 79.1 cm³/mol. The van der Waals surface area contributed by atoms with Gasteiger partial charge in [-0.25, -0.2) is 0 Å². The summed E-state index contributed by atoms with van der Waals surface area (Å²) in [6.07, 6.45) is 0. The van der Waals surface area contributed by atoms with E-state index < -0.39 is 0 Å². The van der Waals surface area contributed by atoms with Crippen molar-refractivity contribution in [1.29, 1.82) is 0 Å². The highest BCUT2D eigenvalue weighted by Crippen LogP contribution is 2.36. The van der Waals surface area contributed by atoms with E-state index in [4.69, 9.17) is 14.2 Å². The Kier molecular flexibility index (Phi) is 3.97. The van der Waals surface area contributed by atoms with Crippen LogP contribution in [0, 0.1) is 0 Å². The molecule has 21 heavy (non-hydrogen) atoms. The molecule has 1 heterocycles. The van der Waals surface area contributed by atoms with Crippen molar-refractivity contribution in [2.24, 2.45) is 0 Å². The van der Waals surface area contributed by atoms with Gasteiger partial charge in [-0.3, -0.25) is 0 Å². The van der Waals surface area contributed by atoms with E-state index in [2.05, 4.69) is 6.07 Å². The smallest absolute Gasteiger partial charge is 0.166 e. The molecular weight excluding hydrogens is 268 g/mol. The number of rotatable bonds is 5. The van der Waals surface area contributed by atoms with Crippen LogP contribution in [-0.2, 0) is 6.61 Å². The molecule has 1 aliphatic rings. The Balaban J connectivity index is 1.77. The largest absolute Gasteiger partial charge is 0.493 e. The van der Waals surface area contributed by atoms with Crippen LogP contribution in [0.2, 0.25) is 0 Å². The predicted octanol–water partition coefficient (Wildman–Crippen LogP) is 2.74. The Morgan fingerprint density at radius 1 is 1.19 bits per heavy atom. The molecule has 2 aromatic rings. The lowest BCUT2D eigenvalue weighted by atomic mass is 10.0. The summed E-state index contributed by atoms with van der Waals surface area (Å²) in [5.74, 6) is 2.35. The zero-order chi connectivity index (χ0) is 14.7. The van der Waals surface area contributed by atoms with Gasteiger partial charge in [0.25, 0.3) is 0 Å². The molecule has 4 nitrogen and oxygen atoms in total. The Bertz CT molecular complexity index is 602. The fourth-order valence-corrected chi connectivity index (χ4v) is 2.56. The van der Waals surface area contributed by atoms with Crippen LogP contribution in [-0.4, -0.2) is 25.4 Å². The number of hydrogen-bond donors (Lipinski definition) is 1. The van der Waals surface area contributed by atoms with E-state index in [-0.39, 0.29) is 12.5 Å². The number of aliphatic hydroxyl groups excluding tert-OH is 1. The summed E-state index contributed by atoms with van der Waals surface area (Å²) in [6.45, 7) is 1.03. The van der Waals surface area contributed by atoms with Gasteiger partial charge < -0.3 is 19.3 Å². The Morgan fingerprint density at radius 3 is 2.86 bits per heavy atom. The van der Waals surface area contributed by atoms with Crippen LogP contribution in [0.5, 0.6) is 17.2 Å². The Morgan fingerprint density at radius 2 is 2.05 bits per heavy atom. The Hall–Kier alpha value is -2.20. The molecule has 0 aromatic heterocycles. The van der Waals surface area contributed by atoms with Crippen LogP contribution in [0.3, 0.4) is 0 Å². The number of ether oxygens (including phenoxy) is 3. The zero-order valence-corrected chi connectivity index (χ0v) is 11.9. The van der Waals surface area contributed by atoms with Gasteiger partial charge in [-0.2, -0.15) is 0 Å². The molecule has 110 valence electrons.